The molecule has 2 heterocycles. The number of fused-ring (bicyclic) bond motifs is 1. The Bertz CT molecular complexity index is 1000. The maximum Gasteiger partial charge on any atom is 0.140 e. The maximum absolute atomic E-state index is 13.4. The molecule has 2 N–H and O–H groups in total. The van der Waals surface area contributed by atoms with Crippen molar-refractivity contribution < 1.29 is 4.39 Å². The van der Waals surface area contributed by atoms with Crippen molar-refractivity contribution in [2.75, 3.05) is 0 Å². The highest BCUT2D eigenvalue weighted by Gasteiger charge is 2.15. The summed E-state index contributed by atoms with van der Waals surface area (Å²) in [6.07, 6.45) is 0. The lowest BCUT2D eigenvalue weighted by atomic mass is 10.1. The lowest BCUT2D eigenvalue weighted by molar-refractivity contribution is 0.629. The van der Waals surface area contributed by atoms with Crippen LogP contribution in [0.1, 0.15) is 0 Å². The van der Waals surface area contributed by atoms with Gasteiger partial charge in [-0.1, -0.05) is 24.3 Å². The van der Waals surface area contributed by atoms with Crippen LogP contribution >= 0.6 is 31.9 Å². The van der Waals surface area contributed by atoms with Gasteiger partial charge >= 0.3 is 0 Å². The van der Waals surface area contributed by atoms with Gasteiger partial charge in [-0.3, -0.25) is 0 Å². The van der Waals surface area contributed by atoms with Crippen molar-refractivity contribution in [1.29, 1.82) is 0 Å². The van der Waals surface area contributed by atoms with Gasteiger partial charge in [0.05, 0.1) is 11.0 Å². The number of imidazole rings is 2. The van der Waals surface area contributed by atoms with E-state index < -0.39 is 0 Å². The number of nitrogens with zero attached hydrogens (tertiary/aromatic N) is 2. The quantitative estimate of drug-likeness (QED) is 0.449. The number of aromatic nitrogens is 4. The third-order valence-electron chi connectivity index (χ3n) is 3.50. The standard InChI is InChI=1S/C16H9Br2FN4/c17-13-14(18)23-16(22-13)10-4-2-1-3-9(10)15-20-11-6-5-8(19)7-12(11)21-15/h1-7H,(H,20,21)(H,22,23). The molecule has 0 amide bonds. The van der Waals surface area contributed by atoms with Gasteiger partial charge in [0.15, 0.2) is 0 Å². The average molecular weight is 436 g/mol. The average Bonchev–Trinajstić information content (AvgIpc) is 3.10. The summed E-state index contributed by atoms with van der Waals surface area (Å²) in [7, 11) is 0. The molecule has 0 aliphatic carbocycles. The fourth-order valence-electron chi connectivity index (χ4n) is 2.46. The van der Waals surface area contributed by atoms with Crippen LogP contribution in [0.2, 0.25) is 0 Å². The molecule has 0 bridgehead atoms. The summed E-state index contributed by atoms with van der Waals surface area (Å²) in [5.41, 5.74) is 3.17. The molecular weight excluding hydrogens is 427 g/mol. The molecule has 2 aromatic carbocycles. The number of halogens is 3. The van der Waals surface area contributed by atoms with Crippen LogP contribution in [-0.4, -0.2) is 19.9 Å². The van der Waals surface area contributed by atoms with Gasteiger partial charge in [0.1, 0.15) is 26.7 Å². The van der Waals surface area contributed by atoms with Crippen LogP contribution in [0.3, 0.4) is 0 Å². The first kappa shape index (κ1) is 14.6. The highest BCUT2D eigenvalue weighted by Crippen LogP contribution is 2.32. The second kappa shape index (κ2) is 5.58. The van der Waals surface area contributed by atoms with E-state index in [0.29, 0.717) is 21.8 Å². The molecule has 7 heteroatoms. The van der Waals surface area contributed by atoms with Crippen molar-refractivity contribution in [3.63, 3.8) is 0 Å². The van der Waals surface area contributed by atoms with Crippen LogP contribution in [0.4, 0.5) is 4.39 Å². The van der Waals surface area contributed by atoms with Gasteiger partial charge in [0.25, 0.3) is 0 Å². The Labute approximate surface area is 147 Å². The van der Waals surface area contributed by atoms with Crippen molar-refractivity contribution in [2.45, 2.75) is 0 Å². The molecule has 4 nitrogen and oxygen atoms in total. The second-order valence-corrected chi connectivity index (χ2v) is 6.53. The number of rotatable bonds is 2. The number of aromatic amines is 2. The smallest absolute Gasteiger partial charge is 0.140 e. The van der Waals surface area contributed by atoms with E-state index in [1.54, 1.807) is 6.07 Å². The molecule has 0 aliphatic heterocycles. The van der Waals surface area contributed by atoms with E-state index in [1.165, 1.54) is 12.1 Å². The predicted octanol–water partition coefficient (Wildman–Crippen LogP) is 5.28. The van der Waals surface area contributed by atoms with Gasteiger partial charge in [-0.05, 0) is 50.1 Å². The first-order chi connectivity index (χ1) is 11.1. The summed E-state index contributed by atoms with van der Waals surface area (Å²) in [5, 5.41) is 0. The monoisotopic (exact) mass is 434 g/mol. The lowest BCUT2D eigenvalue weighted by Gasteiger charge is -2.04. The van der Waals surface area contributed by atoms with Crippen LogP contribution in [0.5, 0.6) is 0 Å². The van der Waals surface area contributed by atoms with Crippen molar-refractivity contribution in [1.82, 2.24) is 19.9 Å². The van der Waals surface area contributed by atoms with Crippen LogP contribution in [0, 0.1) is 5.82 Å². The Morgan fingerprint density at radius 2 is 1.57 bits per heavy atom. The van der Waals surface area contributed by atoms with E-state index >= 15 is 0 Å². The molecule has 4 aromatic rings. The SMILES string of the molecule is Fc1ccc2nc(-c3ccccc3-c3nc(Br)c(Br)[nH]3)[nH]c2c1. The van der Waals surface area contributed by atoms with E-state index in [4.69, 9.17) is 0 Å². The van der Waals surface area contributed by atoms with Crippen LogP contribution in [0.15, 0.2) is 51.7 Å². The van der Waals surface area contributed by atoms with Gasteiger partial charge in [0, 0.05) is 11.1 Å². The third-order valence-corrected chi connectivity index (χ3v) is 5.18. The molecular formula is C16H9Br2FN4. The van der Waals surface area contributed by atoms with Gasteiger partial charge in [-0.2, -0.15) is 0 Å². The summed E-state index contributed by atoms with van der Waals surface area (Å²) in [4.78, 5) is 15.3. The van der Waals surface area contributed by atoms with Gasteiger partial charge in [-0.15, -0.1) is 0 Å². The summed E-state index contributed by atoms with van der Waals surface area (Å²) in [6, 6.07) is 12.3. The third kappa shape index (κ3) is 2.60. The fraction of sp³-hybridized carbons (Fsp3) is 0. The van der Waals surface area contributed by atoms with Gasteiger partial charge in [-0.25, -0.2) is 14.4 Å². The zero-order valence-electron chi connectivity index (χ0n) is 11.6. The Balaban J connectivity index is 1.91. The van der Waals surface area contributed by atoms with E-state index in [9.17, 15) is 4.39 Å². The zero-order valence-corrected chi connectivity index (χ0v) is 14.7. The maximum atomic E-state index is 13.4. The molecule has 0 saturated carbocycles. The molecule has 4 rings (SSSR count). The van der Waals surface area contributed by atoms with Crippen LogP contribution in [0.25, 0.3) is 33.8 Å². The minimum Gasteiger partial charge on any atom is -0.338 e. The molecule has 0 atom stereocenters. The predicted molar refractivity (Wildman–Crippen MR) is 94.5 cm³/mol. The number of H-pyrrole nitrogens is 2. The van der Waals surface area contributed by atoms with Gasteiger partial charge < -0.3 is 9.97 Å². The summed E-state index contributed by atoms with van der Waals surface area (Å²) >= 11 is 6.78. The number of hydrogen-bond acceptors (Lipinski definition) is 2. The topological polar surface area (TPSA) is 57.4 Å². The van der Waals surface area contributed by atoms with E-state index in [2.05, 4.69) is 51.8 Å². The second-order valence-electron chi connectivity index (χ2n) is 4.98. The first-order valence-corrected chi connectivity index (χ1v) is 8.36. The summed E-state index contributed by atoms with van der Waals surface area (Å²) < 4.78 is 14.8. The number of nitrogens with one attached hydrogen (secondary N) is 2. The molecule has 0 aliphatic rings. The highest BCUT2D eigenvalue weighted by atomic mass is 79.9. The Kier molecular flexibility index (Phi) is 3.54. The molecule has 0 spiro atoms. The van der Waals surface area contributed by atoms with Crippen molar-refractivity contribution in [3.8, 4) is 22.8 Å². The minimum absolute atomic E-state index is 0.292. The Morgan fingerprint density at radius 1 is 0.870 bits per heavy atom. The molecule has 23 heavy (non-hydrogen) atoms. The van der Waals surface area contributed by atoms with Crippen LogP contribution < -0.4 is 0 Å². The normalized spacial score (nSPS) is 11.3. The molecule has 114 valence electrons. The van der Waals surface area contributed by atoms with Crippen molar-refractivity contribution in [3.05, 3.63) is 57.5 Å². The largest absolute Gasteiger partial charge is 0.338 e. The first-order valence-electron chi connectivity index (χ1n) is 6.78. The van der Waals surface area contributed by atoms with Crippen LogP contribution in [-0.2, 0) is 0 Å². The molecule has 0 saturated heterocycles. The minimum atomic E-state index is -0.292. The number of hydrogen-bond donors (Lipinski definition) is 2. The molecule has 2 aromatic heterocycles. The molecule has 0 unspecified atom stereocenters. The van der Waals surface area contributed by atoms with E-state index in [1.807, 2.05) is 24.3 Å². The van der Waals surface area contributed by atoms with E-state index in [0.717, 1.165) is 21.2 Å². The zero-order chi connectivity index (χ0) is 16.0. The Hall–Kier alpha value is -1.99. The summed E-state index contributed by atoms with van der Waals surface area (Å²) in [6.45, 7) is 0. The van der Waals surface area contributed by atoms with Crippen molar-refractivity contribution in [2.24, 2.45) is 0 Å². The summed E-state index contributed by atoms with van der Waals surface area (Å²) in [5.74, 6) is 1.09. The highest BCUT2D eigenvalue weighted by molar-refractivity contribution is 9.13. The Morgan fingerprint density at radius 3 is 2.22 bits per heavy atom. The number of benzene rings is 2. The molecule has 0 fully saturated rings. The fourth-order valence-corrected chi connectivity index (χ4v) is 3.02. The van der Waals surface area contributed by atoms with E-state index in [-0.39, 0.29) is 5.82 Å². The van der Waals surface area contributed by atoms with Gasteiger partial charge in [0.2, 0.25) is 0 Å². The van der Waals surface area contributed by atoms with Crippen molar-refractivity contribution >= 4 is 42.9 Å². The molecule has 0 radical (unpaired) electrons. The lowest BCUT2D eigenvalue weighted by Crippen LogP contribution is -1.88.